The number of carbonyl (C=O) groups excluding carboxylic acids is 2. The van der Waals surface area contributed by atoms with E-state index in [0.29, 0.717) is 0 Å². The van der Waals surface area contributed by atoms with E-state index in [4.69, 9.17) is 23.2 Å². The lowest BCUT2D eigenvalue weighted by molar-refractivity contribution is -0.133. The van der Waals surface area contributed by atoms with Gasteiger partial charge in [0.2, 0.25) is 0 Å². The number of hydrogen-bond donors (Lipinski definition) is 2. The molecule has 136 valence electrons. The van der Waals surface area contributed by atoms with Crippen molar-refractivity contribution >= 4 is 50.4 Å². The van der Waals surface area contributed by atoms with Crippen LogP contribution in [-0.4, -0.2) is 31.5 Å². The first-order valence-corrected chi connectivity index (χ1v) is 10.0. The summed E-state index contributed by atoms with van der Waals surface area (Å²) in [6.07, 6.45) is 0.488. The number of hydrogen-bond acceptors (Lipinski definition) is 5. The van der Waals surface area contributed by atoms with Crippen LogP contribution in [0.2, 0.25) is 10.0 Å². The Morgan fingerprint density at radius 3 is 2.27 bits per heavy atom. The second-order valence-electron chi connectivity index (χ2n) is 5.99. The maximum absolute atomic E-state index is 12.6. The molecule has 6 nitrogen and oxygen atoms in total. The molecule has 0 spiro atoms. The fourth-order valence-corrected chi connectivity index (χ4v) is 3.95. The van der Waals surface area contributed by atoms with E-state index in [1.807, 2.05) is 0 Å². The van der Waals surface area contributed by atoms with Crippen molar-refractivity contribution < 1.29 is 23.1 Å². The lowest BCUT2D eigenvalue weighted by atomic mass is 9.88. The molecule has 2 aromatic carbocycles. The summed E-state index contributed by atoms with van der Waals surface area (Å²) in [7, 11) is -3.40. The van der Waals surface area contributed by atoms with E-state index < -0.39 is 33.5 Å². The van der Waals surface area contributed by atoms with Gasteiger partial charge < -0.3 is 10.4 Å². The SMILES string of the molecule is CS(=O)(=O)c1ccc(C(=O)CC2(O)C(=O)Nc3c(Cl)ccc(Cl)c32)cc1. The molecule has 1 atom stereocenters. The summed E-state index contributed by atoms with van der Waals surface area (Å²) in [6.45, 7) is 0. The maximum atomic E-state index is 12.6. The molecule has 2 aromatic rings. The number of rotatable bonds is 4. The second-order valence-corrected chi connectivity index (χ2v) is 8.82. The highest BCUT2D eigenvalue weighted by Gasteiger charge is 2.49. The van der Waals surface area contributed by atoms with Gasteiger partial charge in [0, 0.05) is 22.4 Å². The molecule has 1 unspecified atom stereocenters. The highest BCUT2D eigenvalue weighted by Crippen LogP contribution is 2.46. The van der Waals surface area contributed by atoms with Crippen molar-refractivity contribution in [2.75, 3.05) is 11.6 Å². The van der Waals surface area contributed by atoms with Gasteiger partial charge in [-0.05, 0) is 24.3 Å². The minimum Gasteiger partial charge on any atom is -0.375 e. The number of benzene rings is 2. The number of amides is 1. The first-order valence-electron chi connectivity index (χ1n) is 7.39. The number of halogens is 2. The van der Waals surface area contributed by atoms with Crippen molar-refractivity contribution in [2.24, 2.45) is 0 Å². The van der Waals surface area contributed by atoms with Gasteiger partial charge in [0.15, 0.2) is 21.2 Å². The smallest absolute Gasteiger partial charge is 0.261 e. The third-order valence-corrected chi connectivity index (χ3v) is 5.91. The molecule has 26 heavy (non-hydrogen) atoms. The highest BCUT2D eigenvalue weighted by molar-refractivity contribution is 7.90. The van der Waals surface area contributed by atoms with Crippen LogP contribution in [0.25, 0.3) is 0 Å². The fraction of sp³-hybridized carbons (Fsp3) is 0.176. The fourth-order valence-electron chi connectivity index (χ4n) is 2.80. The lowest BCUT2D eigenvalue weighted by Crippen LogP contribution is -2.36. The van der Waals surface area contributed by atoms with Crippen LogP contribution in [0.5, 0.6) is 0 Å². The monoisotopic (exact) mass is 413 g/mol. The van der Waals surface area contributed by atoms with Gasteiger partial charge >= 0.3 is 0 Å². The van der Waals surface area contributed by atoms with Crippen molar-refractivity contribution in [3.63, 3.8) is 0 Å². The molecule has 2 N–H and O–H groups in total. The average molecular weight is 414 g/mol. The van der Waals surface area contributed by atoms with Gasteiger partial charge in [-0.3, -0.25) is 9.59 Å². The van der Waals surface area contributed by atoms with Crippen LogP contribution < -0.4 is 5.32 Å². The molecule has 0 bridgehead atoms. The van der Waals surface area contributed by atoms with Gasteiger partial charge in [-0.15, -0.1) is 0 Å². The average Bonchev–Trinajstić information content (AvgIpc) is 2.83. The summed E-state index contributed by atoms with van der Waals surface area (Å²) in [6, 6.07) is 8.14. The molecule has 0 saturated carbocycles. The first kappa shape index (κ1) is 18.8. The highest BCUT2D eigenvalue weighted by atomic mass is 35.5. The summed E-state index contributed by atoms with van der Waals surface area (Å²) >= 11 is 12.1. The number of sulfone groups is 1. The van der Waals surface area contributed by atoms with Gasteiger partial charge in [-0.25, -0.2) is 8.42 Å². The summed E-state index contributed by atoms with van der Waals surface area (Å²) in [4.78, 5) is 24.9. The van der Waals surface area contributed by atoms with Gasteiger partial charge in [0.05, 0.1) is 22.0 Å². The zero-order chi connectivity index (χ0) is 19.3. The second kappa shape index (κ2) is 6.35. The number of ketones is 1. The third-order valence-electron chi connectivity index (χ3n) is 4.15. The van der Waals surface area contributed by atoms with Crippen molar-refractivity contribution in [1.29, 1.82) is 0 Å². The Morgan fingerprint density at radius 1 is 1.12 bits per heavy atom. The standard InChI is InChI=1S/C17H13Cl2NO5S/c1-26(24,25)10-4-2-9(3-5-10)13(21)8-17(23)14-11(18)6-7-12(19)15(14)20-16(17)22/h2-7,23H,8H2,1H3,(H,20,22). The maximum Gasteiger partial charge on any atom is 0.261 e. The van der Waals surface area contributed by atoms with Gasteiger partial charge in [0.1, 0.15) is 0 Å². The van der Waals surface area contributed by atoms with Crippen LogP contribution >= 0.6 is 23.2 Å². The largest absolute Gasteiger partial charge is 0.375 e. The molecule has 0 fully saturated rings. The Bertz CT molecular complexity index is 1030. The number of anilines is 1. The third kappa shape index (κ3) is 3.12. The quantitative estimate of drug-likeness (QED) is 0.750. The Hall–Kier alpha value is -1.93. The van der Waals surface area contributed by atoms with E-state index in [-0.39, 0.29) is 31.8 Å². The summed E-state index contributed by atoms with van der Waals surface area (Å²) < 4.78 is 23.0. The van der Waals surface area contributed by atoms with E-state index in [1.165, 1.54) is 36.4 Å². The van der Waals surface area contributed by atoms with Crippen LogP contribution in [-0.2, 0) is 20.2 Å². The van der Waals surface area contributed by atoms with Crippen molar-refractivity contribution in [3.8, 4) is 0 Å². The molecule has 1 heterocycles. The molecular formula is C17H13Cl2NO5S. The molecule has 0 aromatic heterocycles. The van der Waals surface area contributed by atoms with Crippen LogP contribution in [0.4, 0.5) is 5.69 Å². The van der Waals surface area contributed by atoms with E-state index in [1.54, 1.807) is 0 Å². The molecule has 1 amide bonds. The predicted molar refractivity (Wildman–Crippen MR) is 97.5 cm³/mol. The number of aliphatic hydroxyl groups is 1. The molecule has 0 aliphatic carbocycles. The number of carbonyl (C=O) groups is 2. The van der Waals surface area contributed by atoms with Gasteiger partial charge in [0.25, 0.3) is 5.91 Å². The minimum absolute atomic E-state index is 0.0535. The van der Waals surface area contributed by atoms with E-state index in [0.717, 1.165) is 6.26 Å². The van der Waals surface area contributed by atoms with Crippen molar-refractivity contribution in [3.05, 3.63) is 57.6 Å². The normalized spacial score (nSPS) is 19.2. The van der Waals surface area contributed by atoms with Gasteiger partial charge in [-0.2, -0.15) is 0 Å². The number of Topliss-reactive ketones (excluding diaryl/α,β-unsaturated/α-hetero) is 1. The number of fused-ring (bicyclic) bond motifs is 1. The Morgan fingerprint density at radius 2 is 1.69 bits per heavy atom. The molecule has 0 saturated heterocycles. The molecular weight excluding hydrogens is 401 g/mol. The zero-order valence-corrected chi connectivity index (χ0v) is 15.7. The summed E-state index contributed by atoms with van der Waals surface area (Å²) in [5.41, 5.74) is -1.78. The molecule has 0 radical (unpaired) electrons. The van der Waals surface area contributed by atoms with Gasteiger partial charge in [-0.1, -0.05) is 35.3 Å². The van der Waals surface area contributed by atoms with Crippen LogP contribution in [0, 0.1) is 0 Å². The zero-order valence-electron chi connectivity index (χ0n) is 13.4. The first-order chi connectivity index (χ1) is 12.0. The molecule has 1 aliphatic heterocycles. The van der Waals surface area contributed by atoms with Crippen molar-refractivity contribution in [2.45, 2.75) is 16.9 Å². The van der Waals surface area contributed by atoms with E-state index in [9.17, 15) is 23.1 Å². The predicted octanol–water partition coefficient (Wildman–Crippen LogP) is 2.81. The van der Waals surface area contributed by atoms with Crippen LogP contribution in [0.15, 0.2) is 41.3 Å². The summed E-state index contributed by atoms with van der Waals surface area (Å²) in [5, 5.41) is 13.6. The van der Waals surface area contributed by atoms with Crippen LogP contribution in [0.1, 0.15) is 22.3 Å². The Labute approximate surface area is 159 Å². The van der Waals surface area contributed by atoms with Crippen molar-refractivity contribution in [1.82, 2.24) is 0 Å². The van der Waals surface area contributed by atoms with E-state index >= 15 is 0 Å². The molecule has 1 aliphatic rings. The number of nitrogens with one attached hydrogen (secondary N) is 1. The molecule has 3 rings (SSSR count). The molecule has 9 heteroatoms. The minimum atomic E-state index is -3.40. The summed E-state index contributed by atoms with van der Waals surface area (Å²) in [5.74, 6) is -1.35. The van der Waals surface area contributed by atoms with Crippen LogP contribution in [0.3, 0.4) is 0 Å². The Kier molecular flexibility index (Phi) is 4.60. The Balaban J connectivity index is 1.95. The lowest BCUT2D eigenvalue weighted by Gasteiger charge is -2.21. The van der Waals surface area contributed by atoms with E-state index in [2.05, 4.69) is 5.32 Å². The topological polar surface area (TPSA) is 101 Å².